The van der Waals surface area contributed by atoms with Gasteiger partial charge >= 0.3 is 0 Å². The molecule has 2 saturated carbocycles. The summed E-state index contributed by atoms with van der Waals surface area (Å²) in [5.74, 6) is 2.57. The number of nitrogens with zero attached hydrogens (tertiary/aromatic N) is 2. The van der Waals surface area contributed by atoms with Gasteiger partial charge in [-0.05, 0) is 68.9 Å². The number of hydrogen-bond donors (Lipinski definition) is 0. The van der Waals surface area contributed by atoms with Crippen LogP contribution in [0.2, 0.25) is 0 Å². The monoisotopic (exact) mass is 348 g/mol. The van der Waals surface area contributed by atoms with E-state index in [9.17, 15) is 4.79 Å². The molecule has 4 nitrogen and oxygen atoms in total. The van der Waals surface area contributed by atoms with Crippen molar-refractivity contribution in [2.75, 3.05) is 45.9 Å². The normalized spacial score (nSPS) is 30.4. The zero-order chi connectivity index (χ0) is 17.3. The van der Waals surface area contributed by atoms with Crippen molar-refractivity contribution in [1.82, 2.24) is 9.80 Å². The molecule has 1 spiro atoms. The first kappa shape index (κ1) is 17.8. The van der Waals surface area contributed by atoms with Crippen LogP contribution in [0.5, 0.6) is 0 Å². The summed E-state index contributed by atoms with van der Waals surface area (Å²) in [6, 6.07) is 0. The number of amides is 1. The molecule has 4 heteroatoms. The summed E-state index contributed by atoms with van der Waals surface area (Å²) < 4.78 is 6.08. The van der Waals surface area contributed by atoms with Crippen molar-refractivity contribution in [2.24, 2.45) is 23.2 Å². The largest absolute Gasteiger partial charge is 0.381 e. The maximum Gasteiger partial charge on any atom is 0.219 e. The third-order valence-electron chi connectivity index (χ3n) is 7.47. The molecule has 2 aliphatic heterocycles. The topological polar surface area (TPSA) is 32.8 Å². The van der Waals surface area contributed by atoms with E-state index in [-0.39, 0.29) is 5.91 Å². The van der Waals surface area contributed by atoms with Gasteiger partial charge in [-0.25, -0.2) is 0 Å². The van der Waals surface area contributed by atoms with Gasteiger partial charge in [0, 0.05) is 39.1 Å². The quantitative estimate of drug-likeness (QED) is 0.739. The molecule has 2 aliphatic carbocycles. The fourth-order valence-electron chi connectivity index (χ4n) is 5.47. The van der Waals surface area contributed by atoms with Gasteiger partial charge in [-0.3, -0.25) is 4.79 Å². The summed E-state index contributed by atoms with van der Waals surface area (Å²) in [5.41, 5.74) is 0.321. The van der Waals surface area contributed by atoms with Crippen LogP contribution in [0.15, 0.2) is 0 Å². The maximum absolute atomic E-state index is 12.0. The van der Waals surface area contributed by atoms with Crippen molar-refractivity contribution in [3.8, 4) is 0 Å². The molecule has 0 bridgehead atoms. The molecule has 25 heavy (non-hydrogen) atoms. The summed E-state index contributed by atoms with van der Waals surface area (Å²) in [5, 5.41) is 0. The van der Waals surface area contributed by atoms with Crippen molar-refractivity contribution in [1.29, 1.82) is 0 Å². The van der Waals surface area contributed by atoms with E-state index in [2.05, 4.69) is 9.80 Å². The molecule has 2 heterocycles. The zero-order valence-corrected chi connectivity index (χ0v) is 16.0. The molecular formula is C21H36N2O2. The zero-order valence-electron chi connectivity index (χ0n) is 16.0. The lowest BCUT2D eigenvalue weighted by molar-refractivity contribution is -0.128. The third kappa shape index (κ3) is 4.21. The van der Waals surface area contributed by atoms with Gasteiger partial charge < -0.3 is 14.5 Å². The van der Waals surface area contributed by atoms with E-state index in [1.807, 2.05) is 0 Å². The Morgan fingerprint density at radius 2 is 1.76 bits per heavy atom. The minimum Gasteiger partial charge on any atom is -0.381 e. The average molecular weight is 349 g/mol. The number of carbonyl (C=O) groups is 1. The summed E-state index contributed by atoms with van der Waals surface area (Å²) in [6.45, 7) is 9.19. The van der Waals surface area contributed by atoms with E-state index >= 15 is 0 Å². The van der Waals surface area contributed by atoms with Gasteiger partial charge in [0.15, 0.2) is 0 Å². The Morgan fingerprint density at radius 3 is 2.40 bits per heavy atom. The van der Waals surface area contributed by atoms with Crippen molar-refractivity contribution < 1.29 is 9.53 Å². The highest BCUT2D eigenvalue weighted by Gasteiger charge is 2.48. The van der Waals surface area contributed by atoms with Gasteiger partial charge in [0.25, 0.3) is 0 Å². The molecular weight excluding hydrogens is 312 g/mol. The fraction of sp³-hybridized carbons (Fsp3) is 0.952. The second-order valence-electron chi connectivity index (χ2n) is 9.39. The maximum atomic E-state index is 12.0. The Hall–Kier alpha value is -0.610. The van der Waals surface area contributed by atoms with Crippen LogP contribution in [0, 0.1) is 23.2 Å². The highest BCUT2D eigenvalue weighted by atomic mass is 16.5. The lowest BCUT2D eigenvalue weighted by Gasteiger charge is -2.43. The molecule has 0 aromatic rings. The smallest absolute Gasteiger partial charge is 0.219 e. The minimum absolute atomic E-state index is 0.248. The number of carbonyl (C=O) groups excluding carboxylic acids is 1. The Kier molecular flexibility index (Phi) is 5.38. The molecule has 1 amide bonds. The number of ether oxygens (including phenoxy) is 1. The molecule has 4 rings (SSSR count). The first-order valence-electron chi connectivity index (χ1n) is 10.7. The fourth-order valence-corrected chi connectivity index (χ4v) is 5.47. The van der Waals surface area contributed by atoms with Crippen LogP contribution < -0.4 is 0 Å². The lowest BCUT2D eigenvalue weighted by atomic mass is 9.71. The van der Waals surface area contributed by atoms with Crippen molar-refractivity contribution in [3.63, 3.8) is 0 Å². The first-order valence-corrected chi connectivity index (χ1v) is 10.7. The van der Waals surface area contributed by atoms with E-state index in [0.29, 0.717) is 11.3 Å². The molecule has 4 fully saturated rings. The molecule has 1 atom stereocenters. The highest BCUT2D eigenvalue weighted by Crippen LogP contribution is 2.45. The van der Waals surface area contributed by atoms with Gasteiger partial charge in [0.2, 0.25) is 5.91 Å². The number of rotatable bonds is 6. The van der Waals surface area contributed by atoms with Crippen LogP contribution in [0.4, 0.5) is 0 Å². The molecule has 0 N–H and O–H groups in total. The van der Waals surface area contributed by atoms with Gasteiger partial charge in [0.05, 0.1) is 6.61 Å². The summed E-state index contributed by atoms with van der Waals surface area (Å²) in [6.07, 6.45) is 11.0. The Bertz CT molecular complexity index is 463. The van der Waals surface area contributed by atoms with Crippen LogP contribution >= 0.6 is 0 Å². The number of likely N-dealkylation sites (tertiary alicyclic amines) is 2. The van der Waals surface area contributed by atoms with E-state index in [1.165, 1.54) is 71.0 Å². The molecule has 0 aromatic heterocycles. The summed E-state index contributed by atoms with van der Waals surface area (Å²) in [7, 11) is 0. The molecule has 2 saturated heterocycles. The van der Waals surface area contributed by atoms with Gasteiger partial charge in [-0.2, -0.15) is 0 Å². The minimum atomic E-state index is 0.248. The van der Waals surface area contributed by atoms with E-state index in [0.717, 1.165) is 38.1 Å². The predicted octanol–water partition coefficient (Wildman–Crippen LogP) is 3.16. The summed E-state index contributed by atoms with van der Waals surface area (Å²) >= 11 is 0. The Balaban J connectivity index is 1.32. The van der Waals surface area contributed by atoms with Crippen LogP contribution in [0.25, 0.3) is 0 Å². The SMILES string of the molecule is CC(=O)N1CC(COCC2CC2)C2(CCN(CC3CCCC3)CC2)C1. The molecule has 0 radical (unpaired) electrons. The van der Waals surface area contributed by atoms with Gasteiger partial charge in [-0.15, -0.1) is 0 Å². The molecule has 1 unspecified atom stereocenters. The lowest BCUT2D eigenvalue weighted by Crippen LogP contribution is -2.46. The Morgan fingerprint density at radius 1 is 1.04 bits per heavy atom. The van der Waals surface area contributed by atoms with Crippen LogP contribution in [0.3, 0.4) is 0 Å². The highest BCUT2D eigenvalue weighted by molar-refractivity contribution is 5.73. The molecule has 0 aromatic carbocycles. The van der Waals surface area contributed by atoms with E-state index in [1.54, 1.807) is 6.92 Å². The number of piperidine rings is 1. The van der Waals surface area contributed by atoms with Gasteiger partial charge in [-0.1, -0.05) is 12.8 Å². The van der Waals surface area contributed by atoms with Crippen LogP contribution in [0.1, 0.15) is 58.3 Å². The second kappa shape index (κ2) is 7.56. The second-order valence-corrected chi connectivity index (χ2v) is 9.39. The van der Waals surface area contributed by atoms with Crippen LogP contribution in [-0.4, -0.2) is 61.6 Å². The Labute approximate surface area is 153 Å². The molecule has 142 valence electrons. The molecule has 4 aliphatic rings. The third-order valence-corrected chi connectivity index (χ3v) is 7.47. The van der Waals surface area contributed by atoms with E-state index < -0.39 is 0 Å². The first-order chi connectivity index (χ1) is 12.1. The standard InChI is InChI=1S/C21H36N2O2/c1-17(24)23-13-20(15-25-14-19-6-7-19)21(16-23)8-10-22(11-9-21)12-18-4-2-3-5-18/h18-20H,2-16H2,1H3. The predicted molar refractivity (Wildman–Crippen MR) is 99.4 cm³/mol. The van der Waals surface area contributed by atoms with Crippen molar-refractivity contribution >= 4 is 5.91 Å². The van der Waals surface area contributed by atoms with Crippen molar-refractivity contribution in [2.45, 2.75) is 58.3 Å². The average Bonchev–Trinajstić information content (AvgIpc) is 3.15. The van der Waals surface area contributed by atoms with E-state index in [4.69, 9.17) is 4.74 Å². The number of hydrogen-bond acceptors (Lipinski definition) is 3. The van der Waals surface area contributed by atoms with Crippen LogP contribution in [-0.2, 0) is 9.53 Å². The summed E-state index contributed by atoms with van der Waals surface area (Å²) in [4.78, 5) is 16.8. The van der Waals surface area contributed by atoms with Gasteiger partial charge in [0.1, 0.15) is 0 Å². The van der Waals surface area contributed by atoms with Crippen molar-refractivity contribution in [3.05, 3.63) is 0 Å².